The largest absolute Gasteiger partial charge is 0.457 e. The number of likely N-dealkylation sites (tertiary alicyclic amines) is 3. The van der Waals surface area contributed by atoms with E-state index >= 15 is 4.39 Å². The summed E-state index contributed by atoms with van der Waals surface area (Å²) in [7, 11) is 0. The minimum Gasteiger partial charge on any atom is -0.457 e. The van der Waals surface area contributed by atoms with Crippen LogP contribution >= 0.6 is 0 Å². The van der Waals surface area contributed by atoms with Crippen LogP contribution in [0.1, 0.15) is 39.7 Å². The molecule has 12 heteroatoms. The summed E-state index contributed by atoms with van der Waals surface area (Å²) < 4.78 is 28.6. The zero-order valence-electron chi connectivity index (χ0n) is 26.6. The highest BCUT2D eigenvalue weighted by Crippen LogP contribution is 2.36. The molecule has 0 radical (unpaired) electrons. The number of anilines is 1. The zero-order valence-corrected chi connectivity index (χ0v) is 26.6. The van der Waals surface area contributed by atoms with Crippen molar-refractivity contribution in [2.75, 3.05) is 51.5 Å². The number of ether oxygens (including phenoxy) is 2. The van der Waals surface area contributed by atoms with Gasteiger partial charge in [-0.15, -0.1) is 0 Å². The number of nitrogen functional groups attached to an aromatic ring is 1. The summed E-state index contributed by atoms with van der Waals surface area (Å²) in [5.41, 5.74) is 6.86. The number of carbonyl (C=O) groups excluding carboxylic acids is 1. The summed E-state index contributed by atoms with van der Waals surface area (Å²) in [5.74, 6) is 1.93. The van der Waals surface area contributed by atoms with Crippen LogP contribution in [-0.4, -0.2) is 104 Å². The maximum atomic E-state index is 15.3. The first-order valence-electron chi connectivity index (χ1n) is 16.0. The molecule has 7 rings (SSSR count). The van der Waals surface area contributed by atoms with Crippen molar-refractivity contribution in [3.8, 4) is 22.8 Å². The number of carbonyl (C=O) groups is 1. The van der Waals surface area contributed by atoms with Crippen LogP contribution in [0.4, 0.5) is 15.0 Å². The number of nitrogens with two attached hydrogens (primary N) is 1. The summed E-state index contributed by atoms with van der Waals surface area (Å²) in [4.78, 5) is 27.2. The number of nitrogens with zero attached hydrogens (tertiary/aromatic N) is 7. The second kappa shape index (κ2) is 11.8. The van der Waals surface area contributed by atoms with Gasteiger partial charge in [-0.25, -0.2) is 23.8 Å². The Labute approximate surface area is 268 Å². The fourth-order valence-corrected chi connectivity index (χ4v) is 6.75. The third-order valence-electron chi connectivity index (χ3n) is 9.03. The van der Waals surface area contributed by atoms with Crippen LogP contribution in [0.2, 0.25) is 0 Å². The number of aromatic nitrogens is 4. The molecule has 3 fully saturated rings. The van der Waals surface area contributed by atoms with Crippen molar-refractivity contribution in [3.63, 3.8) is 0 Å². The number of rotatable bonds is 7. The quantitative estimate of drug-likeness (QED) is 0.297. The molecule has 4 aromatic rings. The fraction of sp³-hybridized carbons (Fsp3) is 0.471. The Bertz CT molecular complexity index is 1690. The maximum Gasteiger partial charge on any atom is 0.410 e. The molecule has 0 aliphatic carbocycles. The van der Waals surface area contributed by atoms with Crippen LogP contribution < -0.4 is 10.5 Å². The molecule has 0 spiro atoms. The van der Waals surface area contributed by atoms with Gasteiger partial charge in [0.25, 0.3) is 0 Å². The second-order valence-electron chi connectivity index (χ2n) is 13.8. The molecular weight excluding hydrogens is 587 g/mol. The van der Waals surface area contributed by atoms with E-state index in [1.807, 2.05) is 80.1 Å². The molecule has 11 nitrogen and oxygen atoms in total. The molecule has 0 saturated carbocycles. The Morgan fingerprint density at radius 3 is 2.33 bits per heavy atom. The monoisotopic (exact) mass is 628 g/mol. The van der Waals surface area contributed by atoms with Crippen LogP contribution in [0.5, 0.6) is 11.5 Å². The average Bonchev–Trinajstić information content (AvgIpc) is 3.39. The molecule has 3 aliphatic rings. The van der Waals surface area contributed by atoms with Gasteiger partial charge in [-0.3, -0.25) is 9.80 Å². The van der Waals surface area contributed by atoms with Crippen LogP contribution in [0, 0.1) is 0 Å². The van der Waals surface area contributed by atoms with Gasteiger partial charge in [-0.05, 0) is 70.0 Å². The van der Waals surface area contributed by atoms with Crippen molar-refractivity contribution >= 4 is 22.9 Å². The van der Waals surface area contributed by atoms with Crippen molar-refractivity contribution in [3.05, 3.63) is 60.9 Å². The predicted octanol–water partition coefficient (Wildman–Crippen LogP) is 5.15. The molecule has 0 bridgehead atoms. The molecule has 0 unspecified atom stereocenters. The van der Waals surface area contributed by atoms with E-state index in [2.05, 4.69) is 19.8 Å². The van der Waals surface area contributed by atoms with E-state index in [9.17, 15) is 4.79 Å². The maximum absolute atomic E-state index is 15.3. The zero-order chi connectivity index (χ0) is 32.1. The van der Waals surface area contributed by atoms with E-state index in [1.54, 1.807) is 0 Å². The minimum atomic E-state index is -1.37. The highest BCUT2D eigenvalue weighted by atomic mass is 19.1. The normalized spacial score (nSPS) is 19.5. The molecule has 2 aromatic carbocycles. The molecule has 242 valence electrons. The topological polar surface area (TPSA) is 115 Å². The standard InChI is InChI=1S/C34H41FN8O3/c1-33(2,3)46-32(44)42-20-34(35,21-42)19-40-17-25(18-40)41-15-13-24(14-16-41)43-31-28(30(36)37-22-38-31)29(39-43)23-9-11-27(12-10-23)45-26-7-5-4-6-8-26/h4-12,22,24-25H,13-21H2,1-3H3,(H2,36,37,38). The number of hydrogen-bond donors (Lipinski definition) is 1. The lowest BCUT2D eigenvalue weighted by atomic mass is 9.93. The van der Waals surface area contributed by atoms with E-state index in [0.29, 0.717) is 18.4 Å². The molecular formula is C34H41FN8O3. The van der Waals surface area contributed by atoms with Gasteiger partial charge in [0, 0.05) is 44.3 Å². The van der Waals surface area contributed by atoms with Gasteiger partial charge in [0.2, 0.25) is 0 Å². The van der Waals surface area contributed by atoms with Crippen molar-refractivity contribution in [1.82, 2.24) is 34.4 Å². The van der Waals surface area contributed by atoms with Crippen LogP contribution in [0.25, 0.3) is 22.3 Å². The number of halogens is 1. The summed E-state index contributed by atoms with van der Waals surface area (Å²) in [6.45, 7) is 9.52. The Morgan fingerprint density at radius 2 is 1.65 bits per heavy atom. The predicted molar refractivity (Wildman–Crippen MR) is 173 cm³/mol. The Hall–Kier alpha value is -4.29. The van der Waals surface area contributed by atoms with Gasteiger partial charge in [0.1, 0.15) is 34.9 Å². The smallest absolute Gasteiger partial charge is 0.410 e. The lowest BCUT2D eigenvalue weighted by molar-refractivity contribution is -0.0845. The van der Waals surface area contributed by atoms with E-state index in [4.69, 9.17) is 20.3 Å². The molecule has 46 heavy (non-hydrogen) atoms. The third kappa shape index (κ3) is 6.23. The summed E-state index contributed by atoms with van der Waals surface area (Å²) >= 11 is 0. The number of para-hydroxylation sites is 1. The highest BCUT2D eigenvalue weighted by Gasteiger charge is 2.50. The molecule has 5 heterocycles. The van der Waals surface area contributed by atoms with E-state index in [1.165, 1.54) is 11.2 Å². The van der Waals surface area contributed by atoms with Crippen molar-refractivity contribution in [1.29, 1.82) is 0 Å². The number of fused-ring (bicyclic) bond motifs is 1. The van der Waals surface area contributed by atoms with Crippen LogP contribution in [0.3, 0.4) is 0 Å². The highest BCUT2D eigenvalue weighted by molar-refractivity contribution is 5.98. The van der Waals surface area contributed by atoms with Gasteiger partial charge in [-0.1, -0.05) is 18.2 Å². The number of benzene rings is 2. The summed E-state index contributed by atoms with van der Waals surface area (Å²) in [6.07, 6.45) is 2.92. The third-order valence-corrected chi connectivity index (χ3v) is 9.03. The number of alkyl halides is 1. The molecule has 0 atom stereocenters. The number of piperidine rings is 1. The molecule has 3 saturated heterocycles. The lowest BCUT2D eigenvalue weighted by Crippen LogP contribution is -2.69. The number of amides is 1. The SMILES string of the molecule is CC(C)(C)OC(=O)N1CC(F)(CN2CC(N3CCC(n4nc(-c5ccc(Oc6ccccc6)cc5)c5c(N)ncnc54)CC3)C2)C1. The lowest BCUT2D eigenvalue weighted by Gasteiger charge is -2.52. The summed E-state index contributed by atoms with van der Waals surface area (Å²) in [5, 5.41) is 5.82. The average molecular weight is 629 g/mol. The minimum absolute atomic E-state index is 0.0912. The van der Waals surface area contributed by atoms with Gasteiger partial charge in [0.15, 0.2) is 11.3 Å². The van der Waals surface area contributed by atoms with Crippen LogP contribution in [-0.2, 0) is 4.74 Å². The molecule has 2 N–H and O–H groups in total. The number of hydrogen-bond acceptors (Lipinski definition) is 9. The summed E-state index contributed by atoms with van der Waals surface area (Å²) in [6, 6.07) is 18.1. The first kappa shape index (κ1) is 30.4. The van der Waals surface area contributed by atoms with Crippen molar-refractivity contribution in [2.45, 2.75) is 57.0 Å². The van der Waals surface area contributed by atoms with E-state index in [-0.39, 0.29) is 19.1 Å². The molecule has 2 aromatic heterocycles. The first-order chi connectivity index (χ1) is 22.0. The Balaban J connectivity index is 0.952. The first-order valence-corrected chi connectivity index (χ1v) is 16.0. The fourth-order valence-electron chi connectivity index (χ4n) is 6.75. The molecule has 1 amide bonds. The van der Waals surface area contributed by atoms with Crippen molar-refractivity contribution in [2.24, 2.45) is 0 Å². The Kier molecular flexibility index (Phi) is 7.80. The Morgan fingerprint density at radius 1 is 0.978 bits per heavy atom. The van der Waals surface area contributed by atoms with E-state index in [0.717, 1.165) is 72.8 Å². The van der Waals surface area contributed by atoms with Gasteiger partial charge in [-0.2, -0.15) is 5.10 Å². The second-order valence-corrected chi connectivity index (χ2v) is 13.8. The molecule has 3 aliphatic heterocycles. The van der Waals surface area contributed by atoms with Crippen molar-refractivity contribution < 1.29 is 18.7 Å². The van der Waals surface area contributed by atoms with Gasteiger partial charge >= 0.3 is 6.09 Å². The van der Waals surface area contributed by atoms with Gasteiger partial charge in [0.05, 0.1) is 24.5 Å². The van der Waals surface area contributed by atoms with Crippen LogP contribution in [0.15, 0.2) is 60.9 Å². The van der Waals surface area contributed by atoms with Gasteiger partial charge < -0.3 is 20.1 Å². The van der Waals surface area contributed by atoms with E-state index < -0.39 is 17.4 Å².